The molecule has 0 saturated carbocycles. The monoisotopic (exact) mass is 350 g/mol. The first-order valence-electron chi connectivity index (χ1n) is 8.92. The first-order valence-corrected chi connectivity index (χ1v) is 8.92. The first kappa shape index (κ1) is 19.2. The molecule has 1 fully saturated rings. The number of ether oxygens (including phenoxy) is 2. The van der Waals surface area contributed by atoms with Gasteiger partial charge in [-0.3, -0.25) is 9.59 Å². The van der Waals surface area contributed by atoms with Gasteiger partial charge in [0.25, 0.3) is 0 Å². The van der Waals surface area contributed by atoms with E-state index in [1.165, 1.54) is 4.90 Å². The number of rotatable bonds is 8. The zero-order valence-electron chi connectivity index (χ0n) is 14.8. The Kier molecular flexibility index (Phi) is 8.21. The predicted molar refractivity (Wildman–Crippen MR) is 94.9 cm³/mol. The first-order chi connectivity index (χ1) is 12.2. The van der Waals surface area contributed by atoms with Crippen LogP contribution in [0.25, 0.3) is 0 Å². The molecule has 0 atom stereocenters. The van der Waals surface area contributed by atoms with E-state index in [4.69, 9.17) is 9.47 Å². The molecular weight excluding hydrogens is 322 g/mol. The molecule has 7 nitrogen and oxygen atoms in total. The van der Waals surface area contributed by atoms with Gasteiger partial charge in [-0.15, -0.1) is 0 Å². The van der Waals surface area contributed by atoms with E-state index in [1.807, 2.05) is 6.92 Å². The lowest BCUT2D eigenvalue weighted by Gasteiger charge is -2.23. The number of hydrogen-bond acceptors (Lipinski definition) is 4. The van der Waals surface area contributed by atoms with E-state index in [0.29, 0.717) is 18.8 Å². The number of anilines is 1. The number of benzene rings is 1. The van der Waals surface area contributed by atoms with Gasteiger partial charge in [0.15, 0.2) is 0 Å². The second kappa shape index (κ2) is 10.7. The van der Waals surface area contributed by atoms with Gasteiger partial charge in [0.05, 0.1) is 26.4 Å². The Labute approximate surface area is 148 Å². The summed E-state index contributed by atoms with van der Waals surface area (Å²) < 4.78 is 10.8. The molecule has 0 aromatic heterocycles. The van der Waals surface area contributed by atoms with Crippen molar-refractivity contribution in [2.75, 3.05) is 51.3 Å². The van der Waals surface area contributed by atoms with Crippen LogP contribution in [-0.2, 0) is 14.3 Å². The number of nitrogens with one attached hydrogen (secondary N) is 3. The molecule has 0 bridgehead atoms. The predicted octanol–water partition coefficient (Wildman–Crippen LogP) is -0.165. The van der Waals surface area contributed by atoms with Gasteiger partial charge < -0.3 is 25.0 Å². The summed E-state index contributed by atoms with van der Waals surface area (Å²) in [7, 11) is 0. The lowest BCUT2D eigenvalue weighted by molar-refractivity contribution is -0.908. The van der Waals surface area contributed by atoms with Crippen LogP contribution in [0.15, 0.2) is 24.3 Å². The normalized spacial score (nSPS) is 14.8. The Balaban J connectivity index is 1.64. The van der Waals surface area contributed by atoms with Crippen molar-refractivity contribution >= 4 is 17.5 Å². The van der Waals surface area contributed by atoms with Crippen LogP contribution in [0, 0.1) is 0 Å². The van der Waals surface area contributed by atoms with Crippen LogP contribution in [0.2, 0.25) is 0 Å². The molecule has 138 valence electrons. The highest BCUT2D eigenvalue weighted by atomic mass is 16.5. The summed E-state index contributed by atoms with van der Waals surface area (Å²) in [6, 6.07) is 6.98. The summed E-state index contributed by atoms with van der Waals surface area (Å²) in [5.41, 5.74) is 0.571. The van der Waals surface area contributed by atoms with Crippen molar-refractivity contribution in [2.45, 2.75) is 19.8 Å². The highest BCUT2D eigenvalue weighted by Crippen LogP contribution is 2.15. The molecule has 1 aromatic carbocycles. The second-order valence-corrected chi connectivity index (χ2v) is 6.05. The van der Waals surface area contributed by atoms with Gasteiger partial charge in [0, 0.05) is 18.7 Å². The standard InChI is InChI=1S/C18H27N3O4/c1-2-12-25-16-6-4-15(5-7-16)20-18(23)17(22)19-8-3-9-21-10-13-24-14-11-21/h4-7H,2-3,8-14H2,1H3,(H,19,22)(H,20,23)/p+1. The average molecular weight is 350 g/mol. The topological polar surface area (TPSA) is 81.1 Å². The highest BCUT2D eigenvalue weighted by Gasteiger charge is 2.15. The van der Waals surface area contributed by atoms with Crippen LogP contribution in [0.5, 0.6) is 5.75 Å². The van der Waals surface area contributed by atoms with Gasteiger partial charge >= 0.3 is 11.8 Å². The fraction of sp³-hybridized carbons (Fsp3) is 0.556. The smallest absolute Gasteiger partial charge is 0.313 e. The van der Waals surface area contributed by atoms with Crippen LogP contribution in [0.1, 0.15) is 19.8 Å². The minimum absolute atomic E-state index is 0.500. The maximum atomic E-state index is 11.9. The molecule has 0 unspecified atom stereocenters. The van der Waals surface area contributed by atoms with Crippen molar-refractivity contribution in [3.05, 3.63) is 24.3 Å². The molecule has 3 N–H and O–H groups in total. The van der Waals surface area contributed by atoms with E-state index in [2.05, 4.69) is 10.6 Å². The maximum Gasteiger partial charge on any atom is 0.313 e. The molecule has 2 rings (SSSR count). The van der Waals surface area contributed by atoms with Crippen molar-refractivity contribution in [3.63, 3.8) is 0 Å². The van der Waals surface area contributed by atoms with E-state index >= 15 is 0 Å². The van der Waals surface area contributed by atoms with Crippen LogP contribution in [0.3, 0.4) is 0 Å². The molecule has 0 radical (unpaired) electrons. The largest absolute Gasteiger partial charge is 0.494 e. The van der Waals surface area contributed by atoms with Crippen molar-refractivity contribution in [3.8, 4) is 5.75 Å². The second-order valence-electron chi connectivity index (χ2n) is 6.05. The van der Waals surface area contributed by atoms with Crippen LogP contribution < -0.4 is 20.3 Å². The van der Waals surface area contributed by atoms with Crippen molar-refractivity contribution in [1.29, 1.82) is 0 Å². The van der Waals surface area contributed by atoms with Gasteiger partial charge in [0.2, 0.25) is 0 Å². The van der Waals surface area contributed by atoms with E-state index in [9.17, 15) is 9.59 Å². The Morgan fingerprint density at radius 1 is 1.16 bits per heavy atom. The number of hydrogen-bond donors (Lipinski definition) is 3. The summed E-state index contributed by atoms with van der Waals surface area (Å²) in [5, 5.41) is 5.25. The van der Waals surface area contributed by atoms with Crippen molar-refractivity contribution in [2.24, 2.45) is 0 Å². The van der Waals surface area contributed by atoms with Crippen molar-refractivity contribution < 1.29 is 24.0 Å². The molecule has 1 heterocycles. The third-order valence-corrected chi connectivity index (χ3v) is 3.98. The number of morpholine rings is 1. The van der Waals surface area contributed by atoms with E-state index < -0.39 is 11.8 Å². The van der Waals surface area contributed by atoms with Crippen LogP contribution in [0.4, 0.5) is 5.69 Å². The molecule has 1 saturated heterocycles. The van der Waals surface area contributed by atoms with Crippen molar-refractivity contribution in [1.82, 2.24) is 5.32 Å². The molecule has 0 aliphatic carbocycles. The number of carbonyl (C=O) groups is 2. The molecular formula is C18H28N3O4+. The lowest BCUT2D eigenvalue weighted by Crippen LogP contribution is -3.14. The Morgan fingerprint density at radius 3 is 2.56 bits per heavy atom. The number of quaternary nitrogens is 1. The fourth-order valence-corrected chi connectivity index (χ4v) is 2.57. The van der Waals surface area contributed by atoms with Gasteiger partial charge in [0.1, 0.15) is 18.8 Å². The summed E-state index contributed by atoms with van der Waals surface area (Å²) in [5.74, 6) is -0.515. The Hall–Kier alpha value is -2.12. The summed E-state index contributed by atoms with van der Waals surface area (Å²) in [6.07, 6.45) is 1.78. The summed E-state index contributed by atoms with van der Waals surface area (Å²) in [4.78, 5) is 25.2. The molecule has 2 amide bonds. The Morgan fingerprint density at radius 2 is 1.88 bits per heavy atom. The molecule has 25 heavy (non-hydrogen) atoms. The average Bonchev–Trinajstić information content (AvgIpc) is 2.65. The minimum Gasteiger partial charge on any atom is -0.494 e. The van der Waals surface area contributed by atoms with E-state index in [0.717, 1.165) is 51.4 Å². The van der Waals surface area contributed by atoms with Crippen LogP contribution >= 0.6 is 0 Å². The fourth-order valence-electron chi connectivity index (χ4n) is 2.57. The number of carbonyl (C=O) groups excluding carboxylic acids is 2. The van der Waals surface area contributed by atoms with Gasteiger partial charge in [-0.05, 0) is 30.7 Å². The third-order valence-electron chi connectivity index (χ3n) is 3.98. The summed E-state index contributed by atoms with van der Waals surface area (Å²) in [6.45, 7) is 7.78. The SMILES string of the molecule is CCCOc1ccc(NC(=O)C(=O)NCCC[NH+]2CCOCC2)cc1. The van der Waals surface area contributed by atoms with E-state index in [-0.39, 0.29) is 0 Å². The molecule has 0 spiro atoms. The minimum atomic E-state index is -0.652. The zero-order chi connectivity index (χ0) is 17.9. The molecule has 7 heteroatoms. The van der Waals surface area contributed by atoms with E-state index in [1.54, 1.807) is 24.3 Å². The maximum absolute atomic E-state index is 11.9. The Bertz CT molecular complexity index is 542. The number of amides is 2. The van der Waals surface area contributed by atoms with Crippen LogP contribution in [-0.4, -0.2) is 57.8 Å². The lowest BCUT2D eigenvalue weighted by atomic mass is 10.3. The molecule has 1 aliphatic heterocycles. The third kappa shape index (κ3) is 7.11. The zero-order valence-corrected chi connectivity index (χ0v) is 14.8. The summed E-state index contributed by atoms with van der Waals surface area (Å²) >= 11 is 0. The van der Waals surface area contributed by atoms with Gasteiger partial charge in [-0.2, -0.15) is 0 Å². The quantitative estimate of drug-likeness (QED) is 0.449. The van der Waals surface area contributed by atoms with Gasteiger partial charge in [-0.25, -0.2) is 0 Å². The van der Waals surface area contributed by atoms with Gasteiger partial charge in [-0.1, -0.05) is 6.92 Å². The molecule has 1 aromatic rings. The highest BCUT2D eigenvalue weighted by molar-refractivity contribution is 6.39. The molecule has 1 aliphatic rings.